The molecule has 0 saturated carbocycles. The van der Waals surface area contributed by atoms with Crippen molar-refractivity contribution in [2.75, 3.05) is 36.5 Å². The molecule has 1 aromatic carbocycles. The van der Waals surface area contributed by atoms with Gasteiger partial charge in [0, 0.05) is 49.8 Å². The summed E-state index contributed by atoms with van der Waals surface area (Å²) in [6.07, 6.45) is 2.66. The minimum Gasteiger partial charge on any atom is -0.378 e. The summed E-state index contributed by atoms with van der Waals surface area (Å²) in [6, 6.07) is 10.3. The smallest absolute Gasteiger partial charge is 0.230 e. The highest BCUT2D eigenvalue weighted by molar-refractivity contribution is 5.97. The molecule has 2 aliphatic heterocycles. The molecular weight excluding hydrogens is 376 g/mol. The summed E-state index contributed by atoms with van der Waals surface area (Å²) >= 11 is 0. The van der Waals surface area contributed by atoms with Crippen molar-refractivity contribution >= 4 is 17.4 Å². The monoisotopic (exact) mass is 408 g/mol. The minimum atomic E-state index is -0.129. The van der Waals surface area contributed by atoms with Gasteiger partial charge in [-0.2, -0.15) is 0 Å². The first-order valence-electron chi connectivity index (χ1n) is 10.9. The quantitative estimate of drug-likeness (QED) is 0.772. The summed E-state index contributed by atoms with van der Waals surface area (Å²) in [5.41, 5.74) is 3.15. The van der Waals surface area contributed by atoms with Gasteiger partial charge in [-0.3, -0.25) is 4.79 Å². The van der Waals surface area contributed by atoms with Gasteiger partial charge in [0.05, 0.1) is 12.3 Å². The van der Waals surface area contributed by atoms with E-state index in [1.807, 2.05) is 17.0 Å². The van der Waals surface area contributed by atoms with E-state index in [1.165, 1.54) is 5.56 Å². The number of carbonyl (C=O) groups excluding carboxylic acids is 1. The number of benzene rings is 1. The molecular formula is C24H32N4O2. The molecule has 3 heterocycles. The highest BCUT2D eigenvalue weighted by Gasteiger charge is 2.33. The van der Waals surface area contributed by atoms with Crippen LogP contribution in [0, 0.1) is 5.92 Å². The zero-order chi connectivity index (χ0) is 21.3. The number of rotatable bonds is 4. The number of piperidine rings is 1. The third-order valence-corrected chi connectivity index (χ3v) is 6.05. The van der Waals surface area contributed by atoms with Crippen molar-refractivity contribution in [2.45, 2.75) is 52.1 Å². The minimum absolute atomic E-state index is 0.0785. The van der Waals surface area contributed by atoms with Crippen LogP contribution >= 0.6 is 0 Å². The van der Waals surface area contributed by atoms with E-state index in [0.29, 0.717) is 6.61 Å². The average Bonchev–Trinajstić information content (AvgIpc) is 3.17. The normalized spacial score (nSPS) is 17.3. The van der Waals surface area contributed by atoms with Crippen LogP contribution in [0.5, 0.6) is 0 Å². The van der Waals surface area contributed by atoms with Gasteiger partial charge in [-0.05, 0) is 30.9 Å². The maximum absolute atomic E-state index is 13.2. The van der Waals surface area contributed by atoms with Gasteiger partial charge >= 0.3 is 0 Å². The molecule has 0 spiro atoms. The van der Waals surface area contributed by atoms with Gasteiger partial charge < -0.3 is 14.5 Å². The van der Waals surface area contributed by atoms with Gasteiger partial charge in [0.25, 0.3) is 0 Å². The molecule has 6 heteroatoms. The van der Waals surface area contributed by atoms with Crippen LogP contribution in [-0.2, 0) is 28.0 Å². The summed E-state index contributed by atoms with van der Waals surface area (Å²) in [5.74, 6) is 2.13. The van der Waals surface area contributed by atoms with E-state index < -0.39 is 0 Å². The lowest BCUT2D eigenvalue weighted by Crippen LogP contribution is -2.42. The summed E-state index contributed by atoms with van der Waals surface area (Å²) < 4.78 is 5.31. The predicted octanol–water partition coefficient (Wildman–Crippen LogP) is 3.73. The van der Waals surface area contributed by atoms with Gasteiger partial charge in [-0.1, -0.05) is 39.0 Å². The number of hydrogen-bond donors (Lipinski definition) is 0. The Morgan fingerprint density at radius 1 is 1.13 bits per heavy atom. The number of methoxy groups -OCH3 is 1. The molecule has 6 nitrogen and oxygen atoms in total. The van der Waals surface area contributed by atoms with Crippen LogP contribution in [0.1, 0.15) is 50.7 Å². The first kappa shape index (κ1) is 20.8. The molecule has 30 heavy (non-hydrogen) atoms. The van der Waals surface area contributed by atoms with E-state index in [1.54, 1.807) is 7.11 Å². The Bertz CT molecular complexity index is 914. The Labute approximate surface area is 179 Å². The van der Waals surface area contributed by atoms with Crippen molar-refractivity contribution in [1.29, 1.82) is 0 Å². The Hall–Kier alpha value is -2.47. The first-order valence-corrected chi connectivity index (χ1v) is 10.9. The molecule has 0 bridgehead atoms. The van der Waals surface area contributed by atoms with Gasteiger partial charge in [0.1, 0.15) is 11.6 Å². The topological polar surface area (TPSA) is 58.6 Å². The summed E-state index contributed by atoms with van der Waals surface area (Å²) in [6.45, 7) is 9.32. The number of nitrogens with zero attached hydrogens (tertiary/aromatic N) is 4. The molecule has 0 radical (unpaired) electrons. The van der Waals surface area contributed by atoms with Crippen LogP contribution in [-0.4, -0.2) is 42.6 Å². The maximum atomic E-state index is 13.2. The lowest BCUT2D eigenvalue weighted by atomic mass is 9.94. The van der Waals surface area contributed by atoms with Crippen LogP contribution in [0.25, 0.3) is 0 Å². The van der Waals surface area contributed by atoms with E-state index in [9.17, 15) is 4.79 Å². The Morgan fingerprint density at radius 3 is 2.57 bits per heavy atom. The summed E-state index contributed by atoms with van der Waals surface area (Å²) in [7, 11) is 1.69. The summed E-state index contributed by atoms with van der Waals surface area (Å²) in [5, 5.41) is 0. The van der Waals surface area contributed by atoms with Crippen LogP contribution in [0.4, 0.5) is 11.5 Å². The van der Waals surface area contributed by atoms with Crippen LogP contribution in [0.3, 0.4) is 0 Å². The van der Waals surface area contributed by atoms with Gasteiger partial charge in [-0.25, -0.2) is 9.97 Å². The second-order valence-corrected chi connectivity index (χ2v) is 9.35. The van der Waals surface area contributed by atoms with Crippen molar-refractivity contribution in [3.63, 3.8) is 0 Å². The molecule has 1 aromatic heterocycles. The Kier molecular flexibility index (Phi) is 5.78. The highest BCUT2D eigenvalue weighted by atomic mass is 16.5. The average molecular weight is 409 g/mol. The van der Waals surface area contributed by atoms with Crippen LogP contribution in [0.15, 0.2) is 30.3 Å². The molecule has 0 N–H and O–H groups in total. The number of hydrogen-bond acceptors (Lipinski definition) is 5. The second-order valence-electron chi connectivity index (χ2n) is 9.35. The zero-order valence-corrected chi connectivity index (χ0v) is 18.5. The van der Waals surface area contributed by atoms with Crippen LogP contribution < -0.4 is 9.80 Å². The van der Waals surface area contributed by atoms with E-state index in [-0.39, 0.29) is 17.2 Å². The maximum Gasteiger partial charge on any atom is 0.230 e. The zero-order valence-electron chi connectivity index (χ0n) is 18.5. The number of amides is 1. The fourth-order valence-electron chi connectivity index (χ4n) is 4.35. The van der Waals surface area contributed by atoms with Crippen molar-refractivity contribution in [1.82, 2.24) is 9.97 Å². The number of ether oxygens (including phenoxy) is 1. The molecule has 1 amide bonds. The fourth-order valence-corrected chi connectivity index (χ4v) is 4.35. The van der Waals surface area contributed by atoms with Crippen molar-refractivity contribution in [3.05, 3.63) is 47.4 Å². The van der Waals surface area contributed by atoms with E-state index >= 15 is 0 Å². The fraction of sp³-hybridized carbons (Fsp3) is 0.542. The highest BCUT2D eigenvalue weighted by Crippen LogP contribution is 2.32. The Balaban J connectivity index is 1.46. The first-order chi connectivity index (χ1) is 14.4. The van der Waals surface area contributed by atoms with Gasteiger partial charge in [-0.15, -0.1) is 0 Å². The third kappa shape index (κ3) is 4.19. The van der Waals surface area contributed by atoms with Crippen molar-refractivity contribution in [2.24, 2.45) is 5.92 Å². The molecule has 0 atom stereocenters. The molecule has 0 aliphatic carbocycles. The largest absolute Gasteiger partial charge is 0.378 e. The predicted molar refractivity (Wildman–Crippen MR) is 119 cm³/mol. The standard InChI is InChI=1S/C24H32N4O2/c1-24(2,3)23-25-19(16-30-4)15-21(26-23)27-12-9-18(10-13-27)22(29)28-14-11-17-7-5-6-8-20(17)28/h5-8,15,18H,9-14,16H2,1-4H3. The second kappa shape index (κ2) is 8.34. The SMILES string of the molecule is COCc1cc(N2CCC(C(=O)N3CCc4ccccc43)CC2)nc(C(C)(C)C)n1. The molecule has 4 rings (SSSR count). The van der Waals surface area contributed by atoms with E-state index in [2.05, 4.69) is 48.9 Å². The van der Waals surface area contributed by atoms with Crippen LogP contribution in [0.2, 0.25) is 0 Å². The molecule has 1 saturated heterocycles. The molecule has 2 aliphatic rings. The molecule has 0 unspecified atom stereocenters. The van der Waals surface area contributed by atoms with Crippen molar-refractivity contribution in [3.8, 4) is 0 Å². The molecule has 160 valence electrons. The summed E-state index contributed by atoms with van der Waals surface area (Å²) in [4.78, 5) is 27.0. The molecule has 2 aromatic rings. The Morgan fingerprint density at radius 2 is 1.87 bits per heavy atom. The van der Waals surface area contributed by atoms with Crippen molar-refractivity contribution < 1.29 is 9.53 Å². The number of para-hydroxylation sites is 1. The lowest BCUT2D eigenvalue weighted by molar-refractivity contribution is -0.122. The van der Waals surface area contributed by atoms with E-state index in [0.717, 1.165) is 61.9 Å². The lowest BCUT2D eigenvalue weighted by Gasteiger charge is -2.34. The van der Waals surface area contributed by atoms with E-state index in [4.69, 9.17) is 9.72 Å². The number of carbonyl (C=O) groups is 1. The van der Waals surface area contributed by atoms with Gasteiger partial charge in [0.15, 0.2) is 0 Å². The number of fused-ring (bicyclic) bond motifs is 1. The number of anilines is 2. The number of aromatic nitrogens is 2. The third-order valence-electron chi connectivity index (χ3n) is 6.05. The molecule has 1 fully saturated rings. The van der Waals surface area contributed by atoms with Gasteiger partial charge in [0.2, 0.25) is 5.91 Å².